The summed E-state index contributed by atoms with van der Waals surface area (Å²) in [4.78, 5) is 87.3. The number of amides is 6. The molecule has 12 aromatic carbocycles. The molecule has 0 saturated carbocycles. The van der Waals surface area contributed by atoms with Crippen molar-refractivity contribution >= 4 is 182 Å². The Morgan fingerprint density at radius 2 is 0.688 bits per heavy atom. The molecule has 4 fully saturated rings. The highest BCUT2D eigenvalue weighted by atomic mass is 35.5. The van der Waals surface area contributed by atoms with Gasteiger partial charge in [0.05, 0.1) is 92.6 Å². The van der Waals surface area contributed by atoms with E-state index in [2.05, 4.69) is 9.69 Å². The standard InChI is InChI=1S/2C25H19Cl2N3O4.2C24H19Cl2N3O5S/c1-33-20-8-6-16(12-28)24(23(20)27)34-21-10-14(5-7-19(21)26)17-11-22(31)30(13-17)18-4-2-3-15(9-18)25(29)32;1-33-22-11-21(16(12-28)8-20(22)27)34-23-9-14(5-6-19(23)26)17-10-24(31)30(13-17)18-4-2-3-15(7-18)25(29)32;1-28-20-11-19(26)21(33-2)12-23(20)34-22-9-14(3-8-18(22)25)15-10-24(30)29(13-15)16-4-6-17(7-5-16)35(27,31)32;1-28-19-9-10-20(33-2)23(26)24(19)34-21-11-14(3-8-18(21)25)15-12-22(30)29(13-15)16-4-6-17(7-5-16)35(27,31)32/h2-10,17H,11,13H2,1H3,(H2,29,32);2-9,11,17H,10,13H2,1H3,(H2,29,32);3-9,11-12,15H,10,13H2,2H3,(H2,27,31,32);3-11,15H,12-13H2,2H3,(H2,27,31,32)/t2*17-;2*15-/m0000/s1. The summed E-state index contributed by atoms with van der Waals surface area (Å²) in [5, 5.41) is 31.4. The number of primary amides is 2. The zero-order valence-electron chi connectivity index (χ0n) is 72.8. The van der Waals surface area contributed by atoms with Gasteiger partial charge in [-0.05, 0) is 192 Å². The molecule has 16 rings (SSSR count). The van der Waals surface area contributed by atoms with E-state index in [-0.39, 0.29) is 154 Å². The molecule has 138 heavy (non-hydrogen) atoms. The summed E-state index contributed by atoms with van der Waals surface area (Å²) in [7, 11) is -1.79. The molecule has 0 aliphatic carbocycles. The van der Waals surface area contributed by atoms with Crippen LogP contribution in [-0.2, 0) is 39.2 Å². The van der Waals surface area contributed by atoms with E-state index in [1.165, 1.54) is 77.0 Å². The van der Waals surface area contributed by atoms with Crippen LogP contribution < -0.4 is 79.2 Å². The van der Waals surface area contributed by atoms with Crippen molar-refractivity contribution in [1.29, 1.82) is 10.5 Å². The molecular weight excluding hydrogens is 1980 g/mol. The number of nitrogens with zero attached hydrogens (tertiary/aromatic N) is 8. The number of carbonyl (C=O) groups excluding carboxylic acids is 6. The Bertz CT molecular complexity index is 7260. The highest BCUT2D eigenvalue weighted by molar-refractivity contribution is 7.89. The molecule has 4 aliphatic heterocycles. The molecule has 0 unspecified atom stereocenters. The molecule has 4 atom stereocenters. The van der Waals surface area contributed by atoms with E-state index in [0.29, 0.717) is 120 Å². The minimum atomic E-state index is -3.82. The van der Waals surface area contributed by atoms with Crippen LogP contribution in [0.3, 0.4) is 0 Å². The lowest BCUT2D eigenvalue weighted by atomic mass is 9.98. The second kappa shape index (κ2) is 44.0. The molecule has 0 spiro atoms. The average Bonchev–Trinajstić information content (AvgIpc) is 1.60. The summed E-state index contributed by atoms with van der Waals surface area (Å²) in [6.45, 7) is 16.4. The third-order valence-corrected chi connectivity index (χ3v) is 26.8. The van der Waals surface area contributed by atoms with Crippen LogP contribution in [0.5, 0.6) is 69.0 Å². The minimum absolute atomic E-state index is 0.0263. The first-order valence-corrected chi connectivity index (χ1v) is 47.2. The Kier molecular flexibility index (Phi) is 32.3. The average molecular weight is 2060 g/mol. The minimum Gasteiger partial charge on any atom is -0.495 e. The molecule has 30 nitrogen and oxygen atoms in total. The molecule has 704 valence electrons. The largest absolute Gasteiger partial charge is 0.495 e. The van der Waals surface area contributed by atoms with E-state index in [1.807, 2.05) is 36.4 Å². The first-order valence-electron chi connectivity index (χ1n) is 41.0. The fraction of sp³-hybridized carbons (Fsp3) is 0.163. The number of rotatable bonds is 24. The van der Waals surface area contributed by atoms with Gasteiger partial charge in [-0.15, -0.1) is 0 Å². The molecule has 8 N–H and O–H groups in total. The van der Waals surface area contributed by atoms with Gasteiger partial charge in [-0.2, -0.15) is 10.5 Å². The second-order valence-electron chi connectivity index (χ2n) is 31.0. The van der Waals surface area contributed by atoms with Gasteiger partial charge >= 0.3 is 0 Å². The Morgan fingerprint density at radius 3 is 1.04 bits per heavy atom. The van der Waals surface area contributed by atoms with Gasteiger partial charge in [-0.25, -0.2) is 36.8 Å². The topological polar surface area (TPSA) is 418 Å². The van der Waals surface area contributed by atoms with Crippen molar-refractivity contribution in [2.75, 3.05) is 74.2 Å². The Balaban J connectivity index is 0.000000155. The van der Waals surface area contributed by atoms with Crippen LogP contribution in [-0.4, -0.2) is 107 Å². The number of anilines is 4. The summed E-state index contributed by atoms with van der Waals surface area (Å²) in [5.74, 6) is 1.35. The fourth-order valence-electron chi connectivity index (χ4n) is 15.3. The number of nitriles is 2. The van der Waals surface area contributed by atoms with Gasteiger partial charge in [0.2, 0.25) is 66.9 Å². The SMILES string of the molecule is COc1cc(Oc2cc([C@H]3CC(=O)N(c4cccc(C(N)=O)c4)C3)ccc2Cl)c(C#N)cc1Cl.COc1ccc(C#N)c(Oc2cc([C@H]3CC(=O)N(c4cccc(C(N)=O)c4)C3)ccc2Cl)c1Cl.[C-]#[N+]c1cc(Cl)c(OC)cc1Oc1cc([C@H]2CC(=O)N(c3ccc(S(N)(=O)=O)cc3)C2)ccc1Cl.[C-]#[N+]c1ccc(OC)c(Cl)c1Oc1cc([C@H]2CC(=O)N(c3ccc(S(N)(=O)=O)cc3)C2)ccc1Cl. The number of halogens is 8. The van der Waals surface area contributed by atoms with Gasteiger partial charge in [0, 0.05) is 122 Å². The monoisotopic (exact) mass is 2050 g/mol. The summed E-state index contributed by atoms with van der Waals surface area (Å²) in [6.07, 6.45) is 1.04. The maximum Gasteiger partial charge on any atom is 0.248 e. The molecule has 0 bridgehead atoms. The fourth-order valence-corrected chi connectivity index (χ4v) is 18.0. The predicted molar refractivity (Wildman–Crippen MR) is 524 cm³/mol. The molecule has 12 aromatic rings. The zero-order valence-corrected chi connectivity index (χ0v) is 80.5. The van der Waals surface area contributed by atoms with E-state index in [0.717, 1.165) is 22.3 Å². The molecular formula is C98H76Cl8N12O18S2. The van der Waals surface area contributed by atoms with Crippen molar-refractivity contribution in [1.82, 2.24) is 0 Å². The number of methoxy groups -OCH3 is 4. The van der Waals surface area contributed by atoms with Crippen LogP contribution >= 0.6 is 92.8 Å². The van der Waals surface area contributed by atoms with Crippen LogP contribution in [0.15, 0.2) is 228 Å². The molecule has 4 aliphatic rings. The third kappa shape index (κ3) is 23.4. The van der Waals surface area contributed by atoms with Crippen molar-refractivity contribution in [3.05, 3.63) is 326 Å². The Morgan fingerprint density at radius 1 is 0.355 bits per heavy atom. The lowest BCUT2D eigenvalue weighted by Gasteiger charge is -2.18. The van der Waals surface area contributed by atoms with Crippen molar-refractivity contribution in [3.8, 4) is 81.1 Å². The Hall–Kier alpha value is -14.0. The number of hydrogen-bond donors (Lipinski definition) is 4. The normalized spacial score (nSPS) is 15.4. The number of nitrogens with two attached hydrogens (primary N) is 4. The quantitative estimate of drug-likeness (QED) is 0.0408. The summed E-state index contributed by atoms with van der Waals surface area (Å²) >= 11 is 50.4. The van der Waals surface area contributed by atoms with Gasteiger partial charge in [-0.3, -0.25) is 28.8 Å². The highest BCUT2D eigenvalue weighted by Gasteiger charge is 2.38. The third-order valence-electron chi connectivity index (χ3n) is 22.4. The highest BCUT2D eigenvalue weighted by Crippen LogP contribution is 2.50. The number of hydrogen-bond acceptors (Lipinski definition) is 20. The molecule has 40 heteroatoms. The molecule has 6 amide bonds. The number of primary sulfonamides is 2. The maximum absolute atomic E-state index is 12.8. The number of sulfonamides is 2. The van der Waals surface area contributed by atoms with Crippen LogP contribution in [0.1, 0.15) is 103 Å². The van der Waals surface area contributed by atoms with E-state index in [1.54, 1.807) is 165 Å². The summed E-state index contributed by atoms with van der Waals surface area (Å²) < 4.78 is 90.7. The lowest BCUT2D eigenvalue weighted by molar-refractivity contribution is -0.118. The van der Waals surface area contributed by atoms with Gasteiger partial charge < -0.3 is 69.0 Å². The van der Waals surface area contributed by atoms with Crippen LogP contribution in [0.4, 0.5) is 34.1 Å². The van der Waals surface area contributed by atoms with Crippen molar-refractivity contribution in [2.24, 2.45) is 21.7 Å². The van der Waals surface area contributed by atoms with Crippen molar-refractivity contribution < 1.29 is 83.5 Å². The van der Waals surface area contributed by atoms with Gasteiger partial charge in [0.25, 0.3) is 0 Å². The predicted octanol–water partition coefficient (Wildman–Crippen LogP) is 21.6. The van der Waals surface area contributed by atoms with E-state index in [4.69, 9.17) is 166 Å². The molecule has 0 aromatic heterocycles. The summed E-state index contributed by atoms with van der Waals surface area (Å²) in [6, 6.07) is 62.2. The van der Waals surface area contributed by atoms with Gasteiger partial charge in [-0.1, -0.05) is 129 Å². The maximum atomic E-state index is 12.8. The summed E-state index contributed by atoms with van der Waals surface area (Å²) in [5.41, 5.74) is 17.9. The van der Waals surface area contributed by atoms with Crippen LogP contribution in [0.25, 0.3) is 9.69 Å². The smallest absolute Gasteiger partial charge is 0.248 e. The van der Waals surface area contributed by atoms with E-state index >= 15 is 0 Å². The molecule has 4 saturated heterocycles. The molecule has 4 heterocycles. The number of benzene rings is 12. The second-order valence-corrected chi connectivity index (χ2v) is 37.3. The molecule has 0 radical (unpaired) electrons. The zero-order chi connectivity index (χ0) is 99.5. The first-order chi connectivity index (χ1) is 65.8. The van der Waals surface area contributed by atoms with Crippen LogP contribution in [0, 0.1) is 35.8 Å². The van der Waals surface area contributed by atoms with Gasteiger partial charge in [0.15, 0.2) is 11.5 Å². The first kappa shape index (κ1) is 101. The van der Waals surface area contributed by atoms with E-state index < -0.39 is 31.9 Å². The Labute approximate surface area is 832 Å². The van der Waals surface area contributed by atoms with Gasteiger partial charge in [0.1, 0.15) is 79.7 Å². The van der Waals surface area contributed by atoms with E-state index in [9.17, 15) is 56.1 Å². The van der Waals surface area contributed by atoms with Crippen molar-refractivity contribution in [3.63, 3.8) is 0 Å². The number of ether oxygens (including phenoxy) is 8. The lowest BCUT2D eigenvalue weighted by Crippen LogP contribution is -2.24. The van der Waals surface area contributed by atoms with Crippen molar-refractivity contribution in [2.45, 2.75) is 59.1 Å². The number of carbonyl (C=O) groups is 6. The van der Waals surface area contributed by atoms with Crippen LogP contribution in [0.2, 0.25) is 40.2 Å².